The maximum atomic E-state index is 13.0. The van der Waals surface area contributed by atoms with E-state index in [4.69, 9.17) is 16.3 Å². The molecular formula is C27H36ClN3O4. The van der Waals surface area contributed by atoms with Crippen molar-refractivity contribution in [3.8, 4) is 0 Å². The zero-order valence-corrected chi connectivity index (χ0v) is 21.5. The van der Waals surface area contributed by atoms with E-state index < -0.39 is 17.2 Å². The van der Waals surface area contributed by atoms with E-state index in [1.807, 2.05) is 57.2 Å². The molecule has 0 unspecified atom stereocenters. The highest BCUT2D eigenvalue weighted by molar-refractivity contribution is 6.33. The number of amides is 2. The standard InChI is InChI=1S/C27H36ClN3O4/c1-26(2,3)35-25(34)30-27(20-9-5-4-6-10-20)15-13-21(14-16-27)29-19-24(33)31(17-18-32)23-12-8-7-11-22(23)28/h4-12,21,29,32H,13-19H2,1-3H3,(H,30,34)/t21-,27-. The summed E-state index contributed by atoms with van der Waals surface area (Å²) in [5.74, 6) is -0.154. The van der Waals surface area contributed by atoms with Gasteiger partial charge in [-0.1, -0.05) is 54.1 Å². The van der Waals surface area contributed by atoms with E-state index in [1.165, 1.54) is 4.90 Å². The third kappa shape index (κ3) is 7.43. The molecule has 2 aromatic rings. The van der Waals surface area contributed by atoms with E-state index in [-0.39, 0.29) is 31.6 Å². The molecule has 0 aromatic heterocycles. The Hall–Kier alpha value is -2.61. The second-order valence-corrected chi connectivity index (χ2v) is 10.4. The Morgan fingerprint density at radius 3 is 2.31 bits per heavy atom. The van der Waals surface area contributed by atoms with Gasteiger partial charge in [-0.15, -0.1) is 0 Å². The molecule has 190 valence electrons. The van der Waals surface area contributed by atoms with Crippen LogP contribution in [0.15, 0.2) is 54.6 Å². The van der Waals surface area contributed by atoms with Crippen LogP contribution in [-0.2, 0) is 15.1 Å². The Bertz CT molecular complexity index is 985. The topological polar surface area (TPSA) is 90.9 Å². The first-order chi connectivity index (χ1) is 16.6. The highest BCUT2D eigenvalue weighted by atomic mass is 35.5. The number of para-hydroxylation sites is 1. The van der Waals surface area contributed by atoms with Gasteiger partial charge in [-0.3, -0.25) is 4.79 Å². The van der Waals surface area contributed by atoms with Gasteiger partial charge in [0.25, 0.3) is 0 Å². The minimum absolute atomic E-state index is 0.124. The van der Waals surface area contributed by atoms with E-state index >= 15 is 0 Å². The predicted molar refractivity (Wildman–Crippen MR) is 139 cm³/mol. The minimum atomic E-state index is -0.580. The number of aliphatic hydroxyl groups excluding tert-OH is 1. The summed E-state index contributed by atoms with van der Waals surface area (Å²) in [6.45, 7) is 5.70. The Morgan fingerprint density at radius 2 is 1.71 bits per heavy atom. The first kappa shape index (κ1) is 27.0. The molecule has 3 rings (SSSR count). The number of hydrogen-bond donors (Lipinski definition) is 3. The van der Waals surface area contributed by atoms with Gasteiger partial charge in [0.05, 0.1) is 29.4 Å². The van der Waals surface area contributed by atoms with Crippen LogP contribution in [0.3, 0.4) is 0 Å². The molecule has 8 heteroatoms. The normalized spacial score (nSPS) is 20.2. The maximum absolute atomic E-state index is 13.0. The fraction of sp³-hybridized carbons (Fsp3) is 0.481. The van der Waals surface area contributed by atoms with Gasteiger partial charge in [-0.05, 0) is 64.2 Å². The zero-order chi connectivity index (χ0) is 25.5. The number of aliphatic hydroxyl groups is 1. The van der Waals surface area contributed by atoms with Crippen molar-refractivity contribution in [3.05, 3.63) is 65.2 Å². The number of ether oxygens (including phenoxy) is 1. The van der Waals surface area contributed by atoms with Crippen LogP contribution in [0.4, 0.5) is 10.5 Å². The molecule has 0 aliphatic heterocycles. The van der Waals surface area contributed by atoms with Crippen molar-refractivity contribution in [3.63, 3.8) is 0 Å². The number of rotatable bonds is 8. The van der Waals surface area contributed by atoms with Gasteiger partial charge < -0.3 is 25.4 Å². The SMILES string of the molecule is CC(C)(C)OC(=O)N[C@]1(c2ccccc2)CC[C@@H](NCC(=O)N(CCO)c2ccccc2Cl)CC1. The van der Waals surface area contributed by atoms with Gasteiger partial charge in [-0.25, -0.2) is 4.79 Å². The molecular weight excluding hydrogens is 466 g/mol. The number of hydrogen-bond acceptors (Lipinski definition) is 5. The van der Waals surface area contributed by atoms with Crippen molar-refractivity contribution in [2.75, 3.05) is 24.6 Å². The summed E-state index contributed by atoms with van der Waals surface area (Å²) in [5, 5.41) is 16.4. The van der Waals surface area contributed by atoms with Gasteiger partial charge in [-0.2, -0.15) is 0 Å². The van der Waals surface area contributed by atoms with Gasteiger partial charge in [0.2, 0.25) is 5.91 Å². The molecule has 0 radical (unpaired) electrons. The molecule has 2 amide bonds. The lowest BCUT2D eigenvalue weighted by molar-refractivity contribution is -0.118. The number of carbonyl (C=O) groups excluding carboxylic acids is 2. The smallest absolute Gasteiger partial charge is 0.408 e. The molecule has 1 aliphatic carbocycles. The van der Waals surface area contributed by atoms with Crippen LogP contribution in [0, 0.1) is 0 Å². The quantitative estimate of drug-likeness (QED) is 0.491. The largest absolute Gasteiger partial charge is 0.444 e. The van der Waals surface area contributed by atoms with Crippen LogP contribution in [0.25, 0.3) is 0 Å². The Morgan fingerprint density at radius 1 is 1.09 bits per heavy atom. The summed E-state index contributed by atoms with van der Waals surface area (Å²) >= 11 is 6.28. The summed E-state index contributed by atoms with van der Waals surface area (Å²) in [6.07, 6.45) is 2.57. The van der Waals surface area contributed by atoms with Crippen LogP contribution in [-0.4, -0.2) is 48.4 Å². The van der Waals surface area contributed by atoms with E-state index in [9.17, 15) is 14.7 Å². The fourth-order valence-corrected chi connectivity index (χ4v) is 4.77. The highest BCUT2D eigenvalue weighted by Gasteiger charge is 2.39. The predicted octanol–water partition coefficient (Wildman–Crippen LogP) is 4.62. The van der Waals surface area contributed by atoms with Crippen molar-refractivity contribution >= 4 is 29.3 Å². The Labute approximate surface area is 212 Å². The Kier molecular flexibility index (Phi) is 9.16. The monoisotopic (exact) mass is 501 g/mol. The van der Waals surface area contributed by atoms with Crippen LogP contribution >= 0.6 is 11.6 Å². The first-order valence-electron chi connectivity index (χ1n) is 12.1. The minimum Gasteiger partial charge on any atom is -0.444 e. The molecule has 1 saturated carbocycles. The second kappa shape index (κ2) is 11.9. The van der Waals surface area contributed by atoms with Crippen molar-refractivity contribution < 1.29 is 19.4 Å². The molecule has 1 aliphatic rings. The molecule has 0 bridgehead atoms. The van der Waals surface area contributed by atoms with Crippen molar-refractivity contribution in [2.45, 2.75) is 63.6 Å². The van der Waals surface area contributed by atoms with Crippen molar-refractivity contribution in [2.24, 2.45) is 0 Å². The van der Waals surface area contributed by atoms with Crippen molar-refractivity contribution in [1.29, 1.82) is 0 Å². The second-order valence-electron chi connectivity index (χ2n) is 9.95. The average molecular weight is 502 g/mol. The van der Waals surface area contributed by atoms with E-state index in [0.29, 0.717) is 23.6 Å². The molecule has 0 atom stereocenters. The van der Waals surface area contributed by atoms with Gasteiger partial charge >= 0.3 is 6.09 Å². The maximum Gasteiger partial charge on any atom is 0.408 e. The molecule has 0 saturated heterocycles. The highest BCUT2D eigenvalue weighted by Crippen LogP contribution is 2.37. The van der Waals surface area contributed by atoms with E-state index in [1.54, 1.807) is 18.2 Å². The number of alkyl carbamates (subject to hydrolysis) is 1. The number of benzene rings is 2. The van der Waals surface area contributed by atoms with Gasteiger partial charge in [0.1, 0.15) is 5.60 Å². The molecule has 0 heterocycles. The zero-order valence-electron chi connectivity index (χ0n) is 20.7. The van der Waals surface area contributed by atoms with Gasteiger partial charge in [0.15, 0.2) is 0 Å². The average Bonchev–Trinajstić information content (AvgIpc) is 2.82. The van der Waals surface area contributed by atoms with Crippen LogP contribution in [0.1, 0.15) is 52.0 Å². The lowest BCUT2D eigenvalue weighted by atomic mass is 9.75. The first-order valence-corrected chi connectivity index (χ1v) is 12.5. The third-order valence-corrected chi connectivity index (χ3v) is 6.54. The summed E-state index contributed by atoms with van der Waals surface area (Å²) < 4.78 is 5.55. The summed E-state index contributed by atoms with van der Waals surface area (Å²) in [6, 6.07) is 17.2. The van der Waals surface area contributed by atoms with Crippen LogP contribution in [0.2, 0.25) is 5.02 Å². The van der Waals surface area contributed by atoms with Crippen LogP contribution in [0.5, 0.6) is 0 Å². The molecule has 2 aromatic carbocycles. The molecule has 3 N–H and O–H groups in total. The summed E-state index contributed by atoms with van der Waals surface area (Å²) in [7, 11) is 0. The van der Waals surface area contributed by atoms with Crippen molar-refractivity contribution in [1.82, 2.24) is 10.6 Å². The summed E-state index contributed by atoms with van der Waals surface area (Å²) in [4.78, 5) is 27.2. The number of nitrogens with zero attached hydrogens (tertiary/aromatic N) is 1. The fourth-order valence-electron chi connectivity index (χ4n) is 4.53. The molecule has 35 heavy (non-hydrogen) atoms. The van der Waals surface area contributed by atoms with Crippen LogP contribution < -0.4 is 15.5 Å². The van der Waals surface area contributed by atoms with E-state index in [0.717, 1.165) is 18.4 Å². The molecule has 7 nitrogen and oxygen atoms in total. The third-order valence-electron chi connectivity index (χ3n) is 6.22. The molecule has 1 fully saturated rings. The number of halogens is 1. The summed E-state index contributed by atoms with van der Waals surface area (Å²) in [5.41, 5.74) is 0.534. The molecule has 0 spiro atoms. The van der Waals surface area contributed by atoms with Gasteiger partial charge in [0, 0.05) is 12.6 Å². The lowest BCUT2D eigenvalue weighted by Crippen LogP contribution is -2.52. The Balaban J connectivity index is 1.64. The number of nitrogens with one attached hydrogen (secondary N) is 2. The number of carbonyl (C=O) groups is 2. The van der Waals surface area contributed by atoms with E-state index in [2.05, 4.69) is 10.6 Å². The number of anilines is 1. The lowest BCUT2D eigenvalue weighted by Gasteiger charge is -2.41.